The van der Waals surface area contributed by atoms with Crippen LogP contribution in [0.1, 0.15) is 15.9 Å². The second kappa shape index (κ2) is 5.20. The van der Waals surface area contributed by atoms with Gasteiger partial charge in [-0.2, -0.15) is 0 Å². The number of aromatic nitrogens is 1. The SMILES string of the molecule is Cn1cc(C(=O)c2ccc(Br)c(N)c2)c2ccc(Cl)cc21. The molecule has 0 amide bonds. The van der Waals surface area contributed by atoms with Gasteiger partial charge in [-0.25, -0.2) is 0 Å². The fourth-order valence-corrected chi connectivity index (χ4v) is 2.79. The van der Waals surface area contributed by atoms with E-state index >= 15 is 0 Å². The number of anilines is 1. The Morgan fingerprint density at radius 2 is 2.00 bits per heavy atom. The molecular weight excluding hydrogens is 352 g/mol. The zero-order valence-electron chi connectivity index (χ0n) is 11.2. The Morgan fingerprint density at radius 3 is 2.71 bits per heavy atom. The van der Waals surface area contributed by atoms with Crippen LogP contribution in [0.2, 0.25) is 5.02 Å². The summed E-state index contributed by atoms with van der Waals surface area (Å²) < 4.78 is 2.68. The van der Waals surface area contributed by atoms with Crippen molar-refractivity contribution in [2.45, 2.75) is 0 Å². The Hall–Kier alpha value is -1.78. The van der Waals surface area contributed by atoms with E-state index in [4.69, 9.17) is 17.3 Å². The number of benzene rings is 2. The van der Waals surface area contributed by atoms with Gasteiger partial charge in [-0.1, -0.05) is 17.7 Å². The summed E-state index contributed by atoms with van der Waals surface area (Å²) in [6, 6.07) is 10.7. The number of hydrogen-bond donors (Lipinski definition) is 1. The number of nitrogens with two attached hydrogens (primary N) is 1. The number of nitrogen functional groups attached to an aromatic ring is 1. The third kappa shape index (κ3) is 2.45. The molecule has 0 radical (unpaired) electrons. The third-order valence-corrected chi connectivity index (χ3v) is 4.41. The first kappa shape index (κ1) is 14.2. The van der Waals surface area contributed by atoms with Crippen molar-refractivity contribution in [1.82, 2.24) is 4.57 Å². The van der Waals surface area contributed by atoms with E-state index in [2.05, 4.69) is 15.9 Å². The number of ketones is 1. The van der Waals surface area contributed by atoms with Crippen LogP contribution >= 0.6 is 27.5 Å². The van der Waals surface area contributed by atoms with E-state index in [0.717, 1.165) is 15.4 Å². The minimum Gasteiger partial charge on any atom is -0.398 e. The molecule has 1 aromatic heterocycles. The smallest absolute Gasteiger partial charge is 0.195 e. The van der Waals surface area contributed by atoms with Crippen molar-refractivity contribution in [3.63, 3.8) is 0 Å². The first-order chi connectivity index (χ1) is 9.97. The first-order valence-electron chi connectivity index (χ1n) is 6.31. The van der Waals surface area contributed by atoms with E-state index in [-0.39, 0.29) is 5.78 Å². The zero-order chi connectivity index (χ0) is 15.1. The van der Waals surface area contributed by atoms with Gasteiger partial charge in [-0.05, 0) is 46.3 Å². The summed E-state index contributed by atoms with van der Waals surface area (Å²) in [6.45, 7) is 0. The van der Waals surface area contributed by atoms with E-state index in [1.54, 1.807) is 24.3 Å². The standard InChI is InChI=1S/C16H12BrClN2O/c1-20-8-12(11-4-3-10(18)7-15(11)20)16(21)9-2-5-13(17)14(19)6-9/h2-8H,19H2,1H3. The molecule has 106 valence electrons. The second-order valence-electron chi connectivity index (χ2n) is 4.88. The average Bonchev–Trinajstić information content (AvgIpc) is 2.78. The topological polar surface area (TPSA) is 48.0 Å². The van der Waals surface area contributed by atoms with Crippen LogP contribution in [0.25, 0.3) is 10.9 Å². The molecule has 0 fully saturated rings. The van der Waals surface area contributed by atoms with Gasteiger partial charge in [-0.3, -0.25) is 4.79 Å². The molecule has 2 N–H and O–H groups in total. The summed E-state index contributed by atoms with van der Waals surface area (Å²) in [7, 11) is 1.89. The lowest BCUT2D eigenvalue weighted by Crippen LogP contribution is -2.02. The molecule has 3 nitrogen and oxygen atoms in total. The van der Waals surface area contributed by atoms with Gasteiger partial charge in [0.25, 0.3) is 0 Å². The maximum absolute atomic E-state index is 12.7. The summed E-state index contributed by atoms with van der Waals surface area (Å²) >= 11 is 9.35. The van der Waals surface area contributed by atoms with E-state index in [9.17, 15) is 4.79 Å². The molecular formula is C16H12BrClN2O. The molecule has 0 aliphatic heterocycles. The van der Waals surface area contributed by atoms with E-state index in [1.807, 2.05) is 29.9 Å². The van der Waals surface area contributed by atoms with Crippen LogP contribution in [0.15, 0.2) is 47.1 Å². The van der Waals surface area contributed by atoms with Crippen molar-refractivity contribution in [2.24, 2.45) is 7.05 Å². The van der Waals surface area contributed by atoms with Gasteiger partial charge in [0, 0.05) is 50.5 Å². The van der Waals surface area contributed by atoms with Gasteiger partial charge < -0.3 is 10.3 Å². The largest absolute Gasteiger partial charge is 0.398 e. The van der Waals surface area contributed by atoms with Crippen molar-refractivity contribution in [1.29, 1.82) is 0 Å². The lowest BCUT2D eigenvalue weighted by atomic mass is 10.0. The fourth-order valence-electron chi connectivity index (χ4n) is 2.38. The van der Waals surface area contributed by atoms with Crippen LogP contribution in [0.5, 0.6) is 0 Å². The molecule has 0 unspecified atom stereocenters. The number of nitrogens with zero attached hydrogens (tertiary/aromatic N) is 1. The minimum atomic E-state index is -0.0536. The lowest BCUT2D eigenvalue weighted by Gasteiger charge is -2.03. The highest BCUT2D eigenvalue weighted by molar-refractivity contribution is 9.10. The summed E-state index contributed by atoms with van der Waals surface area (Å²) in [5, 5.41) is 1.53. The molecule has 0 saturated heterocycles. The Bertz CT molecular complexity index is 870. The van der Waals surface area contributed by atoms with Crippen molar-refractivity contribution in [3.8, 4) is 0 Å². The summed E-state index contributed by atoms with van der Waals surface area (Å²) in [6.07, 6.45) is 1.82. The number of carbonyl (C=O) groups excluding carboxylic acids is 1. The predicted molar refractivity (Wildman–Crippen MR) is 89.9 cm³/mol. The van der Waals surface area contributed by atoms with Crippen LogP contribution in [0, 0.1) is 0 Å². The predicted octanol–water partition coefficient (Wildman–Crippen LogP) is 4.41. The molecule has 2 aromatic carbocycles. The molecule has 0 bridgehead atoms. The van der Waals surface area contributed by atoms with Gasteiger partial charge in [0.1, 0.15) is 0 Å². The van der Waals surface area contributed by atoms with Crippen molar-refractivity contribution < 1.29 is 4.79 Å². The van der Waals surface area contributed by atoms with Gasteiger partial charge >= 0.3 is 0 Å². The van der Waals surface area contributed by atoms with Crippen molar-refractivity contribution in [3.05, 3.63) is 63.2 Å². The fraction of sp³-hybridized carbons (Fsp3) is 0.0625. The van der Waals surface area contributed by atoms with Crippen molar-refractivity contribution >= 4 is 49.9 Å². The van der Waals surface area contributed by atoms with E-state index < -0.39 is 0 Å². The summed E-state index contributed by atoms with van der Waals surface area (Å²) in [4.78, 5) is 12.7. The third-order valence-electron chi connectivity index (χ3n) is 3.46. The molecule has 0 saturated carbocycles. The molecule has 3 rings (SSSR count). The molecule has 3 aromatic rings. The molecule has 0 spiro atoms. The molecule has 1 heterocycles. The highest BCUT2D eigenvalue weighted by atomic mass is 79.9. The van der Waals surface area contributed by atoms with E-state index in [0.29, 0.717) is 21.8 Å². The van der Waals surface area contributed by atoms with Gasteiger partial charge in [0.2, 0.25) is 0 Å². The maximum atomic E-state index is 12.7. The summed E-state index contributed by atoms with van der Waals surface area (Å²) in [5.74, 6) is -0.0536. The Morgan fingerprint density at radius 1 is 1.24 bits per heavy atom. The molecule has 0 aliphatic carbocycles. The normalized spacial score (nSPS) is 11.0. The van der Waals surface area contributed by atoms with Gasteiger partial charge in [0.05, 0.1) is 0 Å². The monoisotopic (exact) mass is 362 g/mol. The average molecular weight is 364 g/mol. The number of rotatable bonds is 2. The van der Waals surface area contributed by atoms with Crippen LogP contribution in [-0.4, -0.2) is 10.4 Å². The summed E-state index contributed by atoms with van der Waals surface area (Å²) in [5.41, 5.74) is 8.54. The van der Waals surface area contributed by atoms with Crippen LogP contribution in [-0.2, 0) is 7.05 Å². The van der Waals surface area contributed by atoms with Crippen LogP contribution < -0.4 is 5.73 Å². The van der Waals surface area contributed by atoms with Crippen LogP contribution in [0.4, 0.5) is 5.69 Å². The zero-order valence-corrected chi connectivity index (χ0v) is 13.6. The second-order valence-corrected chi connectivity index (χ2v) is 6.17. The minimum absolute atomic E-state index is 0.0536. The number of fused-ring (bicyclic) bond motifs is 1. The van der Waals surface area contributed by atoms with Gasteiger partial charge in [0.15, 0.2) is 5.78 Å². The highest BCUT2D eigenvalue weighted by Gasteiger charge is 2.16. The Balaban J connectivity index is 2.15. The molecule has 0 atom stereocenters. The lowest BCUT2D eigenvalue weighted by molar-refractivity contribution is 0.104. The molecule has 5 heteroatoms. The van der Waals surface area contributed by atoms with Gasteiger partial charge in [-0.15, -0.1) is 0 Å². The van der Waals surface area contributed by atoms with Crippen LogP contribution in [0.3, 0.4) is 0 Å². The molecule has 21 heavy (non-hydrogen) atoms. The number of carbonyl (C=O) groups is 1. The molecule has 0 aliphatic rings. The number of halogens is 2. The quantitative estimate of drug-likeness (QED) is 0.541. The maximum Gasteiger partial charge on any atom is 0.195 e. The first-order valence-corrected chi connectivity index (χ1v) is 7.49. The Labute approximate surface area is 135 Å². The van der Waals surface area contributed by atoms with E-state index in [1.165, 1.54) is 0 Å². The highest BCUT2D eigenvalue weighted by Crippen LogP contribution is 2.27. The Kier molecular flexibility index (Phi) is 3.51. The van der Waals surface area contributed by atoms with Crippen molar-refractivity contribution in [2.75, 3.05) is 5.73 Å². The number of aryl methyl sites for hydroxylation is 1. The number of hydrogen-bond acceptors (Lipinski definition) is 2.